The average molecular weight is 150 g/mol. The minimum absolute atomic E-state index is 0.795. The van der Waals surface area contributed by atoms with E-state index in [2.05, 4.69) is 0 Å². The zero-order valence-corrected chi connectivity index (χ0v) is 6.74. The molecule has 0 radical (unpaired) electrons. The van der Waals surface area contributed by atoms with Crippen LogP contribution in [0.2, 0.25) is 0 Å². The number of benzene rings is 1. The van der Waals surface area contributed by atoms with Crippen LogP contribution in [-0.2, 0) is 4.65 Å². The zero-order chi connectivity index (χ0) is 8.27. The maximum atomic E-state index is 9.29. The van der Waals surface area contributed by atoms with Crippen molar-refractivity contribution in [3.63, 3.8) is 0 Å². The normalized spacial score (nSPS) is 9.73. The molecule has 11 heavy (non-hydrogen) atoms. The van der Waals surface area contributed by atoms with Gasteiger partial charge in [-0.15, -0.1) is 0 Å². The van der Waals surface area contributed by atoms with Crippen LogP contribution < -0.4 is 5.46 Å². The monoisotopic (exact) mass is 150 g/mol. The number of rotatable bonds is 2. The lowest BCUT2D eigenvalue weighted by Gasteiger charge is -2.05. The summed E-state index contributed by atoms with van der Waals surface area (Å²) in [4.78, 5) is 0. The molecular weight excluding hydrogens is 139 g/mol. The van der Waals surface area contributed by atoms with Crippen LogP contribution in [0.25, 0.3) is 0 Å². The first-order valence-corrected chi connectivity index (χ1v) is 3.52. The van der Waals surface area contributed by atoms with E-state index in [9.17, 15) is 5.02 Å². The molecule has 58 valence electrons. The highest BCUT2D eigenvalue weighted by atomic mass is 16.5. The third kappa shape index (κ3) is 1.82. The second kappa shape index (κ2) is 3.55. The fraction of sp³-hybridized carbons (Fsp3) is 0.250. The van der Waals surface area contributed by atoms with Gasteiger partial charge in [-0.05, 0) is 12.4 Å². The van der Waals surface area contributed by atoms with Gasteiger partial charge in [0.2, 0.25) is 0 Å². The Labute approximate surface area is 67.0 Å². The van der Waals surface area contributed by atoms with Crippen molar-refractivity contribution in [1.82, 2.24) is 0 Å². The van der Waals surface area contributed by atoms with Gasteiger partial charge in [0.1, 0.15) is 0 Å². The highest BCUT2D eigenvalue weighted by Crippen LogP contribution is 1.94. The highest BCUT2D eigenvalue weighted by Gasteiger charge is 2.15. The molecule has 0 aliphatic carbocycles. The van der Waals surface area contributed by atoms with Gasteiger partial charge in [0.15, 0.2) is 0 Å². The third-order valence-corrected chi connectivity index (χ3v) is 1.68. The Hall–Kier alpha value is -0.795. The Morgan fingerprint density at radius 1 is 1.36 bits per heavy atom. The van der Waals surface area contributed by atoms with E-state index < -0.39 is 7.12 Å². The molecule has 0 aromatic heterocycles. The van der Waals surface area contributed by atoms with Crippen LogP contribution in [0, 0.1) is 6.92 Å². The molecular formula is C8H11BO2. The topological polar surface area (TPSA) is 29.5 Å². The quantitative estimate of drug-likeness (QED) is 0.615. The average Bonchev–Trinajstić information content (AvgIpc) is 2.04. The SMILES string of the molecule is COB(O)c1ccccc1C. The van der Waals surface area contributed by atoms with E-state index in [0.717, 1.165) is 11.0 Å². The van der Waals surface area contributed by atoms with E-state index in [0.29, 0.717) is 0 Å². The van der Waals surface area contributed by atoms with Gasteiger partial charge in [-0.2, -0.15) is 0 Å². The highest BCUT2D eigenvalue weighted by molar-refractivity contribution is 6.60. The Balaban J connectivity index is 2.93. The largest absolute Gasteiger partial charge is 0.491 e. The van der Waals surface area contributed by atoms with Crippen molar-refractivity contribution in [2.75, 3.05) is 7.11 Å². The van der Waals surface area contributed by atoms with Crippen LogP contribution in [-0.4, -0.2) is 19.3 Å². The number of hydrogen-bond donors (Lipinski definition) is 1. The van der Waals surface area contributed by atoms with E-state index >= 15 is 0 Å². The fourth-order valence-electron chi connectivity index (χ4n) is 0.991. The number of aryl methyl sites for hydroxylation is 1. The summed E-state index contributed by atoms with van der Waals surface area (Å²) in [6, 6.07) is 7.60. The molecule has 1 aromatic carbocycles. The van der Waals surface area contributed by atoms with Crippen LogP contribution in [0.5, 0.6) is 0 Å². The molecule has 2 nitrogen and oxygen atoms in total. The second-order valence-corrected chi connectivity index (χ2v) is 2.44. The van der Waals surface area contributed by atoms with Crippen molar-refractivity contribution in [2.45, 2.75) is 6.92 Å². The van der Waals surface area contributed by atoms with Gasteiger partial charge >= 0.3 is 7.12 Å². The molecule has 1 N–H and O–H groups in total. The first kappa shape index (κ1) is 8.30. The van der Waals surface area contributed by atoms with Gasteiger partial charge in [0.05, 0.1) is 0 Å². The second-order valence-electron chi connectivity index (χ2n) is 2.44. The lowest BCUT2D eigenvalue weighted by Crippen LogP contribution is -2.34. The molecule has 0 aliphatic heterocycles. The molecule has 3 heteroatoms. The maximum absolute atomic E-state index is 9.29. The van der Waals surface area contributed by atoms with E-state index in [1.807, 2.05) is 31.2 Å². The lowest BCUT2D eigenvalue weighted by atomic mass is 9.77. The van der Waals surface area contributed by atoms with Gasteiger partial charge < -0.3 is 9.68 Å². The zero-order valence-electron chi connectivity index (χ0n) is 6.74. The Bertz CT molecular complexity index is 237. The van der Waals surface area contributed by atoms with Crippen molar-refractivity contribution in [3.05, 3.63) is 29.8 Å². The van der Waals surface area contributed by atoms with Crippen LogP contribution in [0.15, 0.2) is 24.3 Å². The molecule has 0 unspecified atom stereocenters. The molecule has 0 aliphatic rings. The van der Waals surface area contributed by atoms with E-state index in [4.69, 9.17) is 4.65 Å². The van der Waals surface area contributed by atoms with Crippen molar-refractivity contribution in [3.8, 4) is 0 Å². The maximum Gasteiger partial charge on any atom is 0.491 e. The van der Waals surface area contributed by atoms with Crippen LogP contribution in [0.4, 0.5) is 0 Å². The molecule has 1 rings (SSSR count). The first-order chi connectivity index (χ1) is 5.25. The summed E-state index contributed by atoms with van der Waals surface area (Å²) in [6.45, 7) is 1.94. The molecule has 0 bridgehead atoms. The summed E-state index contributed by atoms with van der Waals surface area (Å²) in [5, 5.41) is 9.29. The van der Waals surface area contributed by atoms with Crippen molar-refractivity contribution in [2.24, 2.45) is 0 Å². The Morgan fingerprint density at radius 3 is 2.55 bits per heavy atom. The Kier molecular flexibility index (Phi) is 2.68. The lowest BCUT2D eigenvalue weighted by molar-refractivity contribution is 0.341. The fourth-order valence-corrected chi connectivity index (χ4v) is 0.991. The van der Waals surface area contributed by atoms with Gasteiger partial charge in [0, 0.05) is 7.11 Å². The van der Waals surface area contributed by atoms with Gasteiger partial charge in [-0.3, -0.25) is 0 Å². The van der Waals surface area contributed by atoms with Crippen LogP contribution >= 0.6 is 0 Å². The third-order valence-electron chi connectivity index (χ3n) is 1.68. The molecule has 0 heterocycles. The molecule has 1 aromatic rings. The van der Waals surface area contributed by atoms with Gasteiger partial charge in [-0.1, -0.05) is 29.8 Å². The first-order valence-electron chi connectivity index (χ1n) is 3.52. The van der Waals surface area contributed by atoms with Crippen molar-refractivity contribution in [1.29, 1.82) is 0 Å². The van der Waals surface area contributed by atoms with E-state index in [-0.39, 0.29) is 0 Å². The van der Waals surface area contributed by atoms with Gasteiger partial charge in [0.25, 0.3) is 0 Å². The number of hydrogen-bond acceptors (Lipinski definition) is 2. The van der Waals surface area contributed by atoms with Crippen molar-refractivity contribution < 1.29 is 9.68 Å². The Morgan fingerprint density at radius 2 is 2.00 bits per heavy atom. The molecule has 0 atom stereocenters. The predicted molar refractivity (Wildman–Crippen MR) is 45.8 cm³/mol. The van der Waals surface area contributed by atoms with E-state index in [1.54, 1.807) is 0 Å². The summed E-state index contributed by atoms with van der Waals surface area (Å²) in [5.74, 6) is 0. The molecule has 0 amide bonds. The minimum atomic E-state index is -0.795. The predicted octanol–water partition coefficient (Wildman–Crippen LogP) is 0.329. The summed E-state index contributed by atoms with van der Waals surface area (Å²) in [5.41, 5.74) is 1.87. The van der Waals surface area contributed by atoms with Crippen LogP contribution in [0.1, 0.15) is 5.56 Å². The summed E-state index contributed by atoms with van der Waals surface area (Å²) < 4.78 is 4.77. The standard InChI is InChI=1S/C8H11BO2/c1-7-5-3-4-6-8(7)9(10)11-2/h3-6,10H,1-2H3. The summed E-state index contributed by atoms with van der Waals surface area (Å²) in [7, 11) is 0.688. The molecule has 0 saturated heterocycles. The molecule has 0 fully saturated rings. The van der Waals surface area contributed by atoms with E-state index in [1.165, 1.54) is 7.11 Å². The van der Waals surface area contributed by atoms with Crippen molar-refractivity contribution >= 4 is 12.6 Å². The molecule has 0 spiro atoms. The smallest absolute Gasteiger partial charge is 0.423 e. The summed E-state index contributed by atoms with van der Waals surface area (Å²) >= 11 is 0. The van der Waals surface area contributed by atoms with Gasteiger partial charge in [-0.25, -0.2) is 0 Å². The minimum Gasteiger partial charge on any atom is -0.423 e. The molecule has 0 saturated carbocycles. The summed E-state index contributed by atoms with van der Waals surface area (Å²) in [6.07, 6.45) is 0. The van der Waals surface area contributed by atoms with Crippen LogP contribution in [0.3, 0.4) is 0 Å².